The lowest BCUT2D eigenvalue weighted by atomic mass is 10.0. The monoisotopic (exact) mass is 344 g/mol. The number of urea groups is 1. The first kappa shape index (κ1) is 16.3. The Balaban J connectivity index is 1.42. The molecular formula is C18H24N4O3. The van der Waals surface area contributed by atoms with Gasteiger partial charge >= 0.3 is 6.03 Å². The zero-order chi connectivity index (χ0) is 17.6. The molecule has 134 valence electrons. The van der Waals surface area contributed by atoms with Gasteiger partial charge in [0.25, 0.3) is 5.91 Å². The van der Waals surface area contributed by atoms with Gasteiger partial charge in [-0.1, -0.05) is 6.07 Å². The first-order valence-corrected chi connectivity index (χ1v) is 8.93. The fraction of sp³-hybridized carbons (Fsp3) is 0.611. The SMILES string of the molecule is COC1CC2C(=O)N(C3CCN(c4cccc(C)n4)CC3)C(=O)N2C1. The van der Waals surface area contributed by atoms with Crippen LogP contribution in [0.3, 0.4) is 0 Å². The number of carbonyl (C=O) groups is 2. The molecule has 1 aromatic heterocycles. The fourth-order valence-electron chi connectivity index (χ4n) is 4.20. The highest BCUT2D eigenvalue weighted by atomic mass is 16.5. The standard InChI is InChI=1S/C18H24N4O3/c1-12-4-3-5-16(19-12)20-8-6-13(7-9-20)22-17(23)15-10-14(25-2)11-21(15)18(22)24/h3-5,13-15H,6-11H2,1-2H3. The minimum atomic E-state index is -0.325. The normalized spacial score (nSPS) is 27.4. The van der Waals surface area contributed by atoms with Crippen molar-refractivity contribution in [3.05, 3.63) is 23.9 Å². The largest absolute Gasteiger partial charge is 0.380 e. The Morgan fingerprint density at radius 3 is 2.60 bits per heavy atom. The number of hydrogen-bond acceptors (Lipinski definition) is 5. The van der Waals surface area contributed by atoms with E-state index in [0.717, 1.165) is 37.4 Å². The number of ether oxygens (including phenoxy) is 1. The quantitative estimate of drug-likeness (QED) is 0.776. The predicted octanol–water partition coefficient (Wildman–Crippen LogP) is 1.41. The van der Waals surface area contributed by atoms with E-state index in [0.29, 0.717) is 13.0 Å². The van der Waals surface area contributed by atoms with E-state index in [1.165, 1.54) is 4.90 Å². The third-order valence-electron chi connectivity index (χ3n) is 5.60. The maximum atomic E-state index is 12.7. The summed E-state index contributed by atoms with van der Waals surface area (Å²) in [5.41, 5.74) is 0.998. The van der Waals surface area contributed by atoms with Crippen molar-refractivity contribution >= 4 is 17.8 Å². The van der Waals surface area contributed by atoms with Gasteiger partial charge in [-0.2, -0.15) is 0 Å². The molecule has 3 aliphatic rings. The number of piperidine rings is 1. The lowest BCUT2D eigenvalue weighted by Crippen LogP contribution is -2.49. The van der Waals surface area contributed by atoms with Crippen LogP contribution in [0.15, 0.2) is 18.2 Å². The summed E-state index contributed by atoms with van der Waals surface area (Å²) in [6.07, 6.45) is 2.18. The second-order valence-electron chi connectivity index (χ2n) is 7.11. The van der Waals surface area contributed by atoms with Crippen molar-refractivity contribution < 1.29 is 14.3 Å². The number of carbonyl (C=O) groups excluding carboxylic acids is 2. The first-order valence-electron chi connectivity index (χ1n) is 8.93. The van der Waals surface area contributed by atoms with Gasteiger partial charge in [-0.3, -0.25) is 9.69 Å². The van der Waals surface area contributed by atoms with Gasteiger partial charge in [-0.05, 0) is 31.9 Å². The molecule has 4 rings (SSSR count). The summed E-state index contributed by atoms with van der Waals surface area (Å²) in [5.74, 6) is 0.928. The summed E-state index contributed by atoms with van der Waals surface area (Å²) < 4.78 is 5.32. The Morgan fingerprint density at radius 2 is 1.96 bits per heavy atom. The van der Waals surface area contributed by atoms with E-state index in [4.69, 9.17) is 4.74 Å². The molecule has 0 N–H and O–H groups in total. The lowest BCUT2D eigenvalue weighted by molar-refractivity contribution is -0.130. The van der Waals surface area contributed by atoms with Gasteiger partial charge < -0.3 is 14.5 Å². The molecule has 0 bridgehead atoms. The second-order valence-corrected chi connectivity index (χ2v) is 7.11. The number of fused-ring (bicyclic) bond motifs is 1. The molecule has 2 atom stereocenters. The van der Waals surface area contributed by atoms with Crippen molar-refractivity contribution in [2.24, 2.45) is 0 Å². The van der Waals surface area contributed by atoms with Crippen molar-refractivity contribution in [3.8, 4) is 0 Å². The summed E-state index contributed by atoms with van der Waals surface area (Å²) in [5, 5.41) is 0. The Hall–Kier alpha value is -2.15. The first-order chi connectivity index (χ1) is 12.1. The number of imide groups is 1. The lowest BCUT2D eigenvalue weighted by Gasteiger charge is -2.36. The number of methoxy groups -OCH3 is 1. The summed E-state index contributed by atoms with van der Waals surface area (Å²) >= 11 is 0. The average molecular weight is 344 g/mol. The van der Waals surface area contributed by atoms with Crippen LogP contribution in [0.25, 0.3) is 0 Å². The number of aryl methyl sites for hydroxylation is 1. The molecular weight excluding hydrogens is 320 g/mol. The van der Waals surface area contributed by atoms with Crippen molar-refractivity contribution in [2.75, 3.05) is 31.6 Å². The summed E-state index contributed by atoms with van der Waals surface area (Å²) in [6.45, 7) is 4.12. The molecule has 0 saturated carbocycles. The number of pyridine rings is 1. The van der Waals surface area contributed by atoms with Crippen molar-refractivity contribution in [1.82, 2.24) is 14.8 Å². The minimum absolute atomic E-state index is 0.00680. The number of aromatic nitrogens is 1. The van der Waals surface area contributed by atoms with Crippen molar-refractivity contribution in [1.29, 1.82) is 0 Å². The molecule has 0 aromatic carbocycles. The molecule has 2 unspecified atom stereocenters. The molecule has 3 saturated heterocycles. The maximum Gasteiger partial charge on any atom is 0.327 e. The highest BCUT2D eigenvalue weighted by molar-refractivity contribution is 6.05. The zero-order valence-corrected chi connectivity index (χ0v) is 14.7. The summed E-state index contributed by atoms with van der Waals surface area (Å²) in [4.78, 5) is 35.4. The highest BCUT2D eigenvalue weighted by Crippen LogP contribution is 2.33. The molecule has 25 heavy (non-hydrogen) atoms. The number of amides is 3. The average Bonchev–Trinajstić information content (AvgIpc) is 3.15. The van der Waals surface area contributed by atoms with Crippen molar-refractivity contribution in [3.63, 3.8) is 0 Å². The van der Waals surface area contributed by atoms with Crippen LogP contribution in [0.1, 0.15) is 25.0 Å². The molecule has 3 aliphatic heterocycles. The second kappa shape index (κ2) is 6.29. The summed E-state index contributed by atoms with van der Waals surface area (Å²) in [7, 11) is 1.63. The number of rotatable bonds is 3. The molecule has 4 heterocycles. The Morgan fingerprint density at radius 1 is 1.20 bits per heavy atom. The third kappa shape index (κ3) is 2.76. The third-order valence-corrected chi connectivity index (χ3v) is 5.60. The highest BCUT2D eigenvalue weighted by Gasteiger charge is 2.52. The van der Waals surface area contributed by atoms with E-state index < -0.39 is 0 Å². The van der Waals surface area contributed by atoms with Crippen LogP contribution in [0.4, 0.5) is 10.6 Å². The molecule has 3 fully saturated rings. The van der Waals surface area contributed by atoms with Crippen LogP contribution in [0, 0.1) is 6.92 Å². The molecule has 1 aromatic rings. The van der Waals surface area contributed by atoms with Crippen LogP contribution in [0.2, 0.25) is 0 Å². The van der Waals surface area contributed by atoms with Gasteiger partial charge in [-0.15, -0.1) is 0 Å². The van der Waals surface area contributed by atoms with E-state index in [9.17, 15) is 9.59 Å². The minimum Gasteiger partial charge on any atom is -0.380 e. The summed E-state index contributed by atoms with van der Waals surface area (Å²) in [6, 6.07) is 5.54. The van der Waals surface area contributed by atoms with Gasteiger partial charge in [0.05, 0.1) is 6.10 Å². The van der Waals surface area contributed by atoms with Gasteiger partial charge in [0.2, 0.25) is 0 Å². The molecule has 3 amide bonds. The number of anilines is 1. The number of nitrogens with zero attached hydrogens (tertiary/aromatic N) is 4. The van der Waals surface area contributed by atoms with E-state index in [1.807, 2.05) is 25.1 Å². The van der Waals surface area contributed by atoms with Crippen LogP contribution < -0.4 is 4.90 Å². The number of hydrogen-bond donors (Lipinski definition) is 0. The Kier molecular flexibility index (Phi) is 4.11. The van der Waals surface area contributed by atoms with Crippen molar-refractivity contribution in [2.45, 2.75) is 44.4 Å². The molecule has 0 aliphatic carbocycles. The van der Waals surface area contributed by atoms with Gasteiger partial charge in [0, 0.05) is 44.9 Å². The van der Waals surface area contributed by atoms with Crippen LogP contribution >= 0.6 is 0 Å². The van der Waals surface area contributed by atoms with Crippen LogP contribution in [-0.2, 0) is 9.53 Å². The van der Waals surface area contributed by atoms with E-state index in [1.54, 1.807) is 12.0 Å². The van der Waals surface area contributed by atoms with E-state index in [-0.39, 0.29) is 30.1 Å². The van der Waals surface area contributed by atoms with Crippen LogP contribution in [-0.4, -0.2) is 71.7 Å². The van der Waals surface area contributed by atoms with E-state index >= 15 is 0 Å². The fourth-order valence-corrected chi connectivity index (χ4v) is 4.20. The van der Waals surface area contributed by atoms with Gasteiger partial charge in [0.1, 0.15) is 11.9 Å². The molecule has 0 radical (unpaired) electrons. The van der Waals surface area contributed by atoms with Gasteiger partial charge in [-0.25, -0.2) is 9.78 Å². The molecule has 0 spiro atoms. The Bertz CT molecular complexity index is 663. The topological polar surface area (TPSA) is 66.0 Å². The predicted molar refractivity (Wildman–Crippen MR) is 92.4 cm³/mol. The zero-order valence-electron chi connectivity index (χ0n) is 14.7. The smallest absolute Gasteiger partial charge is 0.327 e. The van der Waals surface area contributed by atoms with E-state index in [2.05, 4.69) is 9.88 Å². The molecule has 7 nitrogen and oxygen atoms in total. The van der Waals surface area contributed by atoms with Crippen LogP contribution in [0.5, 0.6) is 0 Å². The Labute approximate surface area is 147 Å². The maximum absolute atomic E-state index is 12.7. The molecule has 7 heteroatoms. The van der Waals surface area contributed by atoms with Gasteiger partial charge in [0.15, 0.2) is 0 Å².